The van der Waals surface area contributed by atoms with Crippen LogP contribution in [0.4, 0.5) is 0 Å². The quantitative estimate of drug-likeness (QED) is 0.580. The third-order valence-electron chi connectivity index (χ3n) is 6.83. The number of hydrogen-bond donors (Lipinski definition) is 1. The van der Waals surface area contributed by atoms with Gasteiger partial charge in [0.2, 0.25) is 11.8 Å². The number of amides is 2. The van der Waals surface area contributed by atoms with E-state index in [-0.39, 0.29) is 17.7 Å². The molecule has 3 unspecified atom stereocenters. The van der Waals surface area contributed by atoms with Gasteiger partial charge in [0.25, 0.3) is 0 Å². The minimum Gasteiger partial charge on any atom is -0.296 e. The van der Waals surface area contributed by atoms with Gasteiger partial charge in [0, 0.05) is 12.3 Å². The van der Waals surface area contributed by atoms with Crippen LogP contribution in [0.3, 0.4) is 0 Å². The summed E-state index contributed by atoms with van der Waals surface area (Å²) in [6.45, 7) is 7.21. The van der Waals surface area contributed by atoms with Crippen molar-refractivity contribution in [3.05, 3.63) is 0 Å². The van der Waals surface area contributed by atoms with Gasteiger partial charge in [-0.05, 0) is 49.4 Å². The molecule has 3 heteroatoms. The van der Waals surface area contributed by atoms with Crippen LogP contribution in [0.25, 0.3) is 0 Å². The highest BCUT2D eigenvalue weighted by atomic mass is 16.2. The second-order valence-corrected chi connectivity index (χ2v) is 9.86. The molecule has 150 valence electrons. The average molecular weight is 364 g/mol. The summed E-state index contributed by atoms with van der Waals surface area (Å²) in [7, 11) is 0. The van der Waals surface area contributed by atoms with Crippen molar-refractivity contribution in [3.8, 4) is 0 Å². The molecule has 0 radical (unpaired) electrons. The summed E-state index contributed by atoms with van der Waals surface area (Å²) in [5.74, 6) is 1.31. The molecule has 1 heterocycles. The zero-order chi connectivity index (χ0) is 19.0. The smallest absolute Gasteiger partial charge is 0.229 e. The molecule has 1 aliphatic carbocycles. The molecule has 1 saturated heterocycles. The first-order chi connectivity index (χ1) is 12.4. The molecule has 2 rings (SSSR count). The molecule has 1 aliphatic heterocycles. The van der Waals surface area contributed by atoms with Crippen molar-refractivity contribution in [3.63, 3.8) is 0 Å². The van der Waals surface area contributed by atoms with Crippen LogP contribution in [-0.2, 0) is 9.59 Å². The first-order valence-electron chi connectivity index (χ1n) is 11.2. The molecule has 1 N–H and O–H groups in total. The minimum atomic E-state index is -0.0830. The van der Waals surface area contributed by atoms with E-state index >= 15 is 0 Å². The van der Waals surface area contributed by atoms with Gasteiger partial charge in [-0.1, -0.05) is 72.1 Å². The van der Waals surface area contributed by atoms with Crippen molar-refractivity contribution in [1.29, 1.82) is 0 Å². The third kappa shape index (κ3) is 7.04. The molecule has 0 aromatic heterocycles. The lowest BCUT2D eigenvalue weighted by molar-refractivity contribution is -0.138. The number of hydrogen-bond acceptors (Lipinski definition) is 2. The Kier molecular flexibility index (Phi) is 8.63. The van der Waals surface area contributed by atoms with Crippen LogP contribution in [0.1, 0.15) is 111 Å². The predicted octanol–water partition coefficient (Wildman–Crippen LogP) is 6.01. The van der Waals surface area contributed by atoms with Gasteiger partial charge in [-0.15, -0.1) is 0 Å². The van der Waals surface area contributed by atoms with Crippen molar-refractivity contribution in [1.82, 2.24) is 5.32 Å². The summed E-state index contributed by atoms with van der Waals surface area (Å²) in [6, 6.07) is 0. The highest BCUT2D eigenvalue weighted by molar-refractivity contribution is 5.98. The molecule has 0 bridgehead atoms. The van der Waals surface area contributed by atoms with Crippen LogP contribution in [0.15, 0.2) is 0 Å². The van der Waals surface area contributed by atoms with Gasteiger partial charge in [-0.25, -0.2) is 0 Å². The molecule has 1 saturated carbocycles. The lowest BCUT2D eigenvalue weighted by atomic mass is 9.74. The van der Waals surface area contributed by atoms with Gasteiger partial charge >= 0.3 is 0 Å². The van der Waals surface area contributed by atoms with Crippen molar-refractivity contribution >= 4 is 11.8 Å². The topological polar surface area (TPSA) is 46.2 Å². The summed E-state index contributed by atoms with van der Waals surface area (Å²) >= 11 is 0. The first kappa shape index (κ1) is 21.4. The van der Waals surface area contributed by atoms with Crippen LogP contribution in [0, 0.1) is 23.2 Å². The largest absolute Gasteiger partial charge is 0.296 e. The second kappa shape index (κ2) is 10.5. The molecule has 3 atom stereocenters. The Morgan fingerprint density at radius 2 is 1.23 bits per heavy atom. The molecule has 0 spiro atoms. The molecular weight excluding hydrogens is 322 g/mol. The monoisotopic (exact) mass is 363 g/mol. The van der Waals surface area contributed by atoms with Crippen LogP contribution >= 0.6 is 0 Å². The summed E-state index contributed by atoms with van der Waals surface area (Å²) in [5.41, 5.74) is 0.423. The fraction of sp³-hybridized carbons (Fsp3) is 0.913. The molecular formula is C23H41NO2. The summed E-state index contributed by atoms with van der Waals surface area (Å²) in [4.78, 5) is 23.8. The van der Waals surface area contributed by atoms with E-state index in [0.717, 1.165) is 25.2 Å². The zero-order valence-electron chi connectivity index (χ0n) is 17.4. The predicted molar refractivity (Wildman–Crippen MR) is 108 cm³/mol. The van der Waals surface area contributed by atoms with Gasteiger partial charge in [0.1, 0.15) is 0 Å². The number of nitrogens with one attached hydrogen (secondary N) is 1. The standard InChI is InChI=1S/C23H41NO2/c1-23(2,3)19-14-10-6-4-5-8-12-18(13-9-7-11-15-19)20-16-17-21(25)24-22(20)26/h18-20H,4-17H2,1-3H3,(H,24,25,26). The Labute approximate surface area is 161 Å². The fourth-order valence-corrected chi connectivity index (χ4v) is 5.02. The summed E-state index contributed by atoms with van der Waals surface area (Å²) in [5, 5.41) is 2.58. The van der Waals surface area contributed by atoms with E-state index in [1.165, 1.54) is 64.2 Å². The number of piperidine rings is 1. The van der Waals surface area contributed by atoms with Gasteiger partial charge in [0.15, 0.2) is 0 Å². The maximum atomic E-state index is 12.3. The Bertz CT molecular complexity index is 452. The summed E-state index contributed by atoms with van der Waals surface area (Å²) < 4.78 is 0. The molecule has 2 fully saturated rings. The average Bonchev–Trinajstić information content (AvgIpc) is 2.56. The van der Waals surface area contributed by atoms with Crippen LogP contribution in [-0.4, -0.2) is 11.8 Å². The van der Waals surface area contributed by atoms with Crippen molar-refractivity contribution in [2.24, 2.45) is 23.2 Å². The van der Waals surface area contributed by atoms with Crippen molar-refractivity contribution in [2.45, 2.75) is 111 Å². The minimum absolute atomic E-state index is 0.000151. The highest BCUT2D eigenvalue weighted by Crippen LogP contribution is 2.36. The van der Waals surface area contributed by atoms with E-state index in [1.54, 1.807) is 0 Å². The molecule has 0 aromatic carbocycles. The van der Waals surface area contributed by atoms with Gasteiger partial charge in [0.05, 0.1) is 0 Å². The van der Waals surface area contributed by atoms with Gasteiger partial charge in [-0.2, -0.15) is 0 Å². The number of carbonyl (C=O) groups excluding carboxylic acids is 2. The van der Waals surface area contributed by atoms with E-state index < -0.39 is 0 Å². The Hall–Kier alpha value is -0.860. The molecule has 2 aliphatic rings. The normalized spacial score (nSPS) is 31.1. The van der Waals surface area contributed by atoms with Crippen LogP contribution in [0.2, 0.25) is 0 Å². The zero-order valence-corrected chi connectivity index (χ0v) is 17.4. The molecule has 2 amide bonds. The van der Waals surface area contributed by atoms with E-state index in [4.69, 9.17) is 0 Å². The van der Waals surface area contributed by atoms with Crippen LogP contribution in [0.5, 0.6) is 0 Å². The lowest BCUT2D eigenvalue weighted by Crippen LogP contribution is -2.43. The fourth-order valence-electron chi connectivity index (χ4n) is 5.02. The van der Waals surface area contributed by atoms with Gasteiger partial charge < -0.3 is 0 Å². The maximum absolute atomic E-state index is 12.3. The number of carbonyl (C=O) groups is 2. The Morgan fingerprint density at radius 3 is 1.77 bits per heavy atom. The van der Waals surface area contributed by atoms with E-state index in [1.807, 2.05) is 0 Å². The Balaban J connectivity index is 1.90. The molecule has 26 heavy (non-hydrogen) atoms. The van der Waals surface area contributed by atoms with Crippen molar-refractivity contribution < 1.29 is 9.59 Å². The Morgan fingerprint density at radius 1 is 0.731 bits per heavy atom. The second-order valence-electron chi connectivity index (χ2n) is 9.86. The van der Waals surface area contributed by atoms with E-state index in [2.05, 4.69) is 26.1 Å². The van der Waals surface area contributed by atoms with Gasteiger partial charge in [-0.3, -0.25) is 14.9 Å². The first-order valence-corrected chi connectivity index (χ1v) is 11.2. The van der Waals surface area contributed by atoms with Crippen molar-refractivity contribution in [2.75, 3.05) is 0 Å². The SMILES string of the molecule is CC(C)(C)C1CCCCCCCC(C2CCC(=O)NC2=O)CCCCC1. The van der Waals surface area contributed by atoms with Crippen LogP contribution < -0.4 is 5.32 Å². The highest BCUT2D eigenvalue weighted by Gasteiger charge is 2.32. The number of imide groups is 1. The third-order valence-corrected chi connectivity index (χ3v) is 6.83. The summed E-state index contributed by atoms with van der Waals surface area (Å²) in [6.07, 6.45) is 16.8. The number of rotatable bonds is 1. The lowest BCUT2D eigenvalue weighted by Gasteiger charge is -2.32. The van der Waals surface area contributed by atoms with E-state index in [9.17, 15) is 9.59 Å². The molecule has 0 aromatic rings. The van der Waals surface area contributed by atoms with E-state index in [0.29, 0.717) is 17.8 Å². The molecule has 3 nitrogen and oxygen atoms in total. The maximum Gasteiger partial charge on any atom is 0.229 e.